The van der Waals surface area contributed by atoms with Crippen molar-refractivity contribution in [2.24, 2.45) is 0 Å². The predicted molar refractivity (Wildman–Crippen MR) is 100 cm³/mol. The Morgan fingerprint density at radius 3 is 2.38 bits per heavy atom. The van der Waals surface area contributed by atoms with Crippen molar-refractivity contribution >= 4 is 32.4 Å². The Kier molecular flexibility index (Phi) is 4.85. The van der Waals surface area contributed by atoms with Gasteiger partial charge in [-0.15, -0.1) is 0 Å². The molecule has 0 saturated carbocycles. The van der Waals surface area contributed by atoms with Gasteiger partial charge in [-0.1, -0.05) is 12.1 Å². The monoisotopic (exact) mass is 374 g/mol. The number of fused-ring (bicyclic) bond motifs is 1. The van der Waals surface area contributed by atoms with Crippen molar-refractivity contribution in [2.45, 2.75) is 11.8 Å². The molecule has 26 heavy (non-hydrogen) atoms. The van der Waals surface area contributed by atoms with E-state index >= 15 is 0 Å². The van der Waals surface area contributed by atoms with Crippen molar-refractivity contribution < 1.29 is 17.6 Å². The maximum atomic E-state index is 12.7. The van der Waals surface area contributed by atoms with Crippen LogP contribution in [-0.4, -0.2) is 22.1 Å². The molecule has 136 valence electrons. The number of hydrogen-bond donors (Lipinski definition) is 2. The topological polar surface area (TPSA) is 97.6 Å². The first-order valence-corrected chi connectivity index (χ1v) is 9.44. The molecule has 0 bridgehead atoms. The fraction of sp³-hybridized carbons (Fsp3) is 0.167. The van der Waals surface area contributed by atoms with E-state index in [1.807, 2.05) is 6.92 Å². The van der Waals surface area contributed by atoms with Gasteiger partial charge < -0.3 is 14.5 Å². The fourth-order valence-electron chi connectivity index (χ4n) is 2.58. The number of sulfonamides is 1. The smallest absolute Gasteiger partial charge is 0.363 e. The summed E-state index contributed by atoms with van der Waals surface area (Å²) in [5.41, 5.74) is -0.222. The minimum atomic E-state index is -3.97. The largest absolute Gasteiger partial charge is 0.494 e. The van der Waals surface area contributed by atoms with Crippen molar-refractivity contribution in [2.75, 3.05) is 23.7 Å². The lowest BCUT2D eigenvalue weighted by molar-refractivity contribution is 0.340. The van der Waals surface area contributed by atoms with Gasteiger partial charge in [0.05, 0.1) is 17.2 Å². The van der Waals surface area contributed by atoms with Crippen molar-refractivity contribution in [3.05, 3.63) is 59.0 Å². The van der Waals surface area contributed by atoms with E-state index in [4.69, 9.17) is 9.15 Å². The van der Waals surface area contributed by atoms with Gasteiger partial charge in [-0.3, -0.25) is 4.72 Å². The van der Waals surface area contributed by atoms with E-state index in [9.17, 15) is 13.2 Å². The number of anilines is 2. The fourth-order valence-corrected chi connectivity index (χ4v) is 3.64. The highest BCUT2D eigenvalue weighted by molar-refractivity contribution is 7.92. The minimum Gasteiger partial charge on any atom is -0.494 e. The third-order valence-corrected chi connectivity index (χ3v) is 5.11. The maximum Gasteiger partial charge on any atom is 0.363 e. The number of ether oxygens (including phenoxy) is 1. The Morgan fingerprint density at radius 1 is 1.04 bits per heavy atom. The van der Waals surface area contributed by atoms with E-state index in [1.54, 1.807) is 43.4 Å². The number of rotatable bonds is 6. The lowest BCUT2D eigenvalue weighted by Crippen LogP contribution is -2.20. The van der Waals surface area contributed by atoms with Crippen LogP contribution in [0.25, 0.3) is 11.0 Å². The molecule has 0 fully saturated rings. The molecule has 0 aliphatic rings. The van der Waals surface area contributed by atoms with Crippen LogP contribution in [0.15, 0.2) is 62.6 Å². The molecule has 1 aromatic heterocycles. The van der Waals surface area contributed by atoms with Gasteiger partial charge in [-0.25, -0.2) is 13.2 Å². The first-order chi connectivity index (χ1) is 12.5. The van der Waals surface area contributed by atoms with Crippen LogP contribution < -0.4 is 20.4 Å². The lowest BCUT2D eigenvalue weighted by Gasteiger charge is -2.13. The van der Waals surface area contributed by atoms with Crippen molar-refractivity contribution in [1.29, 1.82) is 0 Å². The summed E-state index contributed by atoms with van der Waals surface area (Å²) < 4.78 is 38.2. The van der Waals surface area contributed by atoms with Crippen molar-refractivity contribution in [3.63, 3.8) is 0 Å². The molecule has 2 aromatic carbocycles. The van der Waals surface area contributed by atoms with Crippen LogP contribution in [0.3, 0.4) is 0 Å². The van der Waals surface area contributed by atoms with E-state index in [-0.39, 0.29) is 10.6 Å². The van der Waals surface area contributed by atoms with E-state index in [0.29, 0.717) is 29.0 Å². The van der Waals surface area contributed by atoms with Gasteiger partial charge in [0.1, 0.15) is 11.3 Å². The van der Waals surface area contributed by atoms with E-state index < -0.39 is 15.6 Å². The van der Waals surface area contributed by atoms with E-state index in [1.165, 1.54) is 12.1 Å². The minimum absolute atomic E-state index is 0.00978. The molecule has 0 saturated heterocycles. The summed E-state index contributed by atoms with van der Waals surface area (Å²) in [5.74, 6) is 0.563. The first kappa shape index (κ1) is 17.8. The van der Waals surface area contributed by atoms with Crippen LogP contribution in [0, 0.1) is 0 Å². The Balaban J connectivity index is 2.04. The van der Waals surface area contributed by atoms with Gasteiger partial charge in [0, 0.05) is 12.4 Å². The molecule has 0 radical (unpaired) electrons. The summed E-state index contributed by atoms with van der Waals surface area (Å²) in [5, 5.41) is 3.47. The van der Waals surface area contributed by atoms with E-state index in [2.05, 4.69) is 10.0 Å². The van der Waals surface area contributed by atoms with Gasteiger partial charge >= 0.3 is 5.63 Å². The summed E-state index contributed by atoms with van der Waals surface area (Å²) in [7, 11) is -2.37. The number of benzene rings is 2. The van der Waals surface area contributed by atoms with Gasteiger partial charge in [0.2, 0.25) is 0 Å². The quantitative estimate of drug-likeness (QED) is 0.644. The molecule has 2 N–H and O–H groups in total. The van der Waals surface area contributed by atoms with Crippen molar-refractivity contribution in [3.8, 4) is 5.75 Å². The van der Waals surface area contributed by atoms with Crippen molar-refractivity contribution in [1.82, 2.24) is 0 Å². The summed E-state index contributed by atoms with van der Waals surface area (Å²) in [6, 6.07) is 12.8. The Bertz CT molecular complexity index is 1090. The maximum absolute atomic E-state index is 12.7. The average Bonchev–Trinajstić information content (AvgIpc) is 2.63. The molecular weight excluding hydrogens is 356 g/mol. The molecule has 7 nitrogen and oxygen atoms in total. The molecule has 0 aliphatic carbocycles. The van der Waals surface area contributed by atoms with Crippen LogP contribution in [0.2, 0.25) is 0 Å². The Hall–Kier alpha value is -3.00. The number of hydrogen-bond acceptors (Lipinski definition) is 6. The number of nitrogens with one attached hydrogen (secondary N) is 2. The zero-order chi connectivity index (χ0) is 18.7. The first-order valence-electron chi connectivity index (χ1n) is 7.95. The van der Waals surface area contributed by atoms with Gasteiger partial charge in [-0.05, 0) is 43.3 Å². The normalized spacial score (nSPS) is 11.3. The molecule has 0 atom stereocenters. The zero-order valence-electron chi connectivity index (χ0n) is 14.3. The van der Waals surface area contributed by atoms with Crippen LogP contribution in [-0.2, 0) is 10.0 Å². The molecule has 8 heteroatoms. The average molecular weight is 374 g/mol. The molecule has 1 heterocycles. The lowest BCUT2D eigenvalue weighted by atomic mass is 10.2. The van der Waals surface area contributed by atoms with Crippen LogP contribution in [0.1, 0.15) is 6.92 Å². The Labute approximate surface area is 150 Å². The second kappa shape index (κ2) is 7.09. The number of para-hydroxylation sites is 1. The Morgan fingerprint density at radius 2 is 1.73 bits per heavy atom. The molecule has 0 amide bonds. The van der Waals surface area contributed by atoms with Gasteiger partial charge in [0.25, 0.3) is 10.0 Å². The molecule has 3 aromatic rings. The third-order valence-electron chi connectivity index (χ3n) is 3.74. The molecule has 3 rings (SSSR count). The molecule has 0 aliphatic heterocycles. The molecular formula is C18H18N2O5S. The second-order valence-corrected chi connectivity index (χ2v) is 7.08. The predicted octanol–water partition coefficient (Wildman–Crippen LogP) is 3.03. The zero-order valence-corrected chi connectivity index (χ0v) is 15.1. The summed E-state index contributed by atoms with van der Waals surface area (Å²) >= 11 is 0. The summed E-state index contributed by atoms with van der Waals surface area (Å²) in [6.07, 6.45) is 0. The highest BCUT2D eigenvalue weighted by Gasteiger charge is 2.21. The highest BCUT2D eigenvalue weighted by atomic mass is 32.2. The van der Waals surface area contributed by atoms with Crippen LogP contribution in [0.4, 0.5) is 11.4 Å². The van der Waals surface area contributed by atoms with Gasteiger partial charge in [-0.2, -0.15) is 0 Å². The molecule has 0 unspecified atom stereocenters. The SMILES string of the molecule is CCOc1ccc(S(=O)(=O)Nc2c(NC)c3ccccc3oc2=O)cc1. The standard InChI is InChI=1S/C18H18N2O5S/c1-3-24-12-8-10-13(11-9-12)26(22,23)20-17-16(19-2)14-6-4-5-7-15(14)25-18(17)21/h4-11,19-20H,3H2,1-2H3. The summed E-state index contributed by atoms with van der Waals surface area (Å²) in [4.78, 5) is 12.3. The molecule has 0 spiro atoms. The van der Waals surface area contributed by atoms with E-state index in [0.717, 1.165) is 0 Å². The van der Waals surface area contributed by atoms with Crippen LogP contribution >= 0.6 is 0 Å². The second-order valence-electron chi connectivity index (χ2n) is 5.40. The highest BCUT2D eigenvalue weighted by Crippen LogP contribution is 2.29. The van der Waals surface area contributed by atoms with Crippen LogP contribution in [0.5, 0.6) is 5.75 Å². The summed E-state index contributed by atoms with van der Waals surface area (Å²) in [6.45, 7) is 2.32. The van der Waals surface area contributed by atoms with Gasteiger partial charge in [0.15, 0.2) is 5.69 Å². The third kappa shape index (κ3) is 3.36.